The summed E-state index contributed by atoms with van der Waals surface area (Å²) in [6.45, 7) is 3.42. The van der Waals surface area contributed by atoms with Crippen LogP contribution in [-0.2, 0) is 24.7 Å². The van der Waals surface area contributed by atoms with Crippen molar-refractivity contribution in [2.24, 2.45) is 0 Å². The molecule has 0 bridgehead atoms. The molecule has 0 fully saturated rings. The fraction of sp³-hybridized carbons (Fsp3) is 0.146. The van der Waals surface area contributed by atoms with Crippen LogP contribution in [0, 0.1) is 25.2 Å². The normalized spacial score (nSPS) is 12.7. The number of nitriles is 1. The SMILES string of the molecule is Cc1cc(-c2ccc(C#N)c(-n3c4ccc(-c5cc(C(F)(F)F)cc(C(F)(F)F)c5)cc4c4cc(-c5cc(C(F)(F)F)cc(C(F)(F)F)c5)ccc43)c2)nc(C)n1. The van der Waals surface area contributed by atoms with Gasteiger partial charge in [0.1, 0.15) is 11.9 Å². The second kappa shape index (κ2) is 13.4. The van der Waals surface area contributed by atoms with Crippen molar-refractivity contribution in [3.8, 4) is 45.3 Å². The summed E-state index contributed by atoms with van der Waals surface area (Å²) in [5.74, 6) is 0.444. The van der Waals surface area contributed by atoms with Crippen molar-refractivity contribution >= 4 is 21.8 Å². The number of halogens is 12. The minimum absolute atomic E-state index is 0.0263. The number of aromatic nitrogens is 3. The smallest absolute Gasteiger partial charge is 0.308 e. The summed E-state index contributed by atoms with van der Waals surface area (Å²) in [7, 11) is 0. The lowest BCUT2D eigenvalue weighted by atomic mass is 9.96. The van der Waals surface area contributed by atoms with E-state index in [9.17, 15) is 57.9 Å². The molecule has 0 aliphatic rings. The number of benzene rings is 5. The van der Waals surface area contributed by atoms with Crippen molar-refractivity contribution in [1.29, 1.82) is 5.26 Å². The third-order valence-electron chi connectivity index (χ3n) is 9.23. The van der Waals surface area contributed by atoms with Crippen LogP contribution in [0.2, 0.25) is 0 Å². The highest BCUT2D eigenvalue weighted by Gasteiger charge is 2.38. The number of alkyl halides is 12. The van der Waals surface area contributed by atoms with Crippen LogP contribution in [0.4, 0.5) is 52.7 Å². The second-order valence-corrected chi connectivity index (χ2v) is 13.2. The lowest BCUT2D eigenvalue weighted by Crippen LogP contribution is -2.11. The molecule has 0 amide bonds. The minimum Gasteiger partial charge on any atom is -0.308 e. The van der Waals surface area contributed by atoms with E-state index in [-0.39, 0.29) is 56.3 Å². The van der Waals surface area contributed by atoms with Crippen LogP contribution in [0.3, 0.4) is 0 Å². The Morgan fingerprint density at radius 2 is 0.895 bits per heavy atom. The van der Waals surface area contributed by atoms with E-state index in [4.69, 9.17) is 0 Å². The number of aryl methyl sites for hydroxylation is 2. The van der Waals surface area contributed by atoms with E-state index in [1.807, 2.05) is 0 Å². The third kappa shape index (κ3) is 7.49. The molecule has 7 rings (SSSR count). The molecule has 0 N–H and O–H groups in total. The van der Waals surface area contributed by atoms with Crippen molar-refractivity contribution in [2.45, 2.75) is 38.6 Å². The number of fused-ring (bicyclic) bond motifs is 3. The molecule has 57 heavy (non-hydrogen) atoms. The molecule has 290 valence electrons. The molecule has 0 atom stereocenters. The number of rotatable bonds is 4. The van der Waals surface area contributed by atoms with E-state index in [0.717, 1.165) is 0 Å². The molecule has 0 radical (unpaired) electrons. The van der Waals surface area contributed by atoms with Gasteiger partial charge in [-0.25, -0.2) is 9.97 Å². The Kier molecular flexibility index (Phi) is 9.13. The fourth-order valence-electron chi connectivity index (χ4n) is 6.72. The molecule has 0 aliphatic heterocycles. The maximum Gasteiger partial charge on any atom is 0.416 e. The minimum atomic E-state index is -5.16. The second-order valence-electron chi connectivity index (χ2n) is 13.2. The zero-order valence-electron chi connectivity index (χ0n) is 29.1. The summed E-state index contributed by atoms with van der Waals surface area (Å²) in [5, 5.41) is 10.5. The molecule has 0 unspecified atom stereocenters. The lowest BCUT2D eigenvalue weighted by molar-refractivity contribution is -0.144. The highest BCUT2D eigenvalue weighted by atomic mass is 19.4. The maximum atomic E-state index is 13.8. The average molecular weight is 799 g/mol. The number of hydrogen-bond acceptors (Lipinski definition) is 3. The summed E-state index contributed by atoms with van der Waals surface area (Å²) in [4.78, 5) is 8.74. The number of nitrogens with zero attached hydrogens (tertiary/aromatic N) is 4. The van der Waals surface area contributed by atoms with Crippen LogP contribution in [0.25, 0.3) is 61.0 Å². The summed E-state index contributed by atoms with van der Waals surface area (Å²) in [6.07, 6.45) is -20.6. The van der Waals surface area contributed by atoms with E-state index < -0.39 is 58.1 Å². The Labute approximate surface area is 314 Å². The Morgan fingerprint density at radius 3 is 1.28 bits per heavy atom. The Bertz CT molecular complexity index is 2560. The van der Waals surface area contributed by atoms with Crippen molar-refractivity contribution in [3.63, 3.8) is 0 Å². The zero-order chi connectivity index (χ0) is 41.4. The molecule has 2 aromatic heterocycles. The largest absolute Gasteiger partial charge is 0.416 e. The molecule has 5 aromatic carbocycles. The van der Waals surface area contributed by atoms with Gasteiger partial charge < -0.3 is 4.57 Å². The summed E-state index contributed by atoms with van der Waals surface area (Å²) in [5.41, 5.74) is -5.03. The lowest BCUT2D eigenvalue weighted by Gasteiger charge is -2.15. The molecule has 0 spiro atoms. The van der Waals surface area contributed by atoms with Gasteiger partial charge >= 0.3 is 24.7 Å². The van der Waals surface area contributed by atoms with E-state index >= 15 is 0 Å². The molecule has 0 saturated heterocycles. The van der Waals surface area contributed by atoms with E-state index in [1.54, 1.807) is 36.6 Å². The summed E-state index contributed by atoms with van der Waals surface area (Å²) < 4.78 is 168. The van der Waals surface area contributed by atoms with Crippen LogP contribution in [-0.4, -0.2) is 14.5 Å². The zero-order valence-corrected chi connectivity index (χ0v) is 29.1. The van der Waals surface area contributed by atoms with Gasteiger partial charge in [-0.05, 0) is 115 Å². The first-order valence-corrected chi connectivity index (χ1v) is 16.6. The van der Waals surface area contributed by atoms with Crippen molar-refractivity contribution < 1.29 is 52.7 Å². The molecular formula is C41H22F12N4. The molecule has 16 heteroatoms. The van der Waals surface area contributed by atoms with Crippen molar-refractivity contribution in [3.05, 3.63) is 136 Å². The van der Waals surface area contributed by atoms with Crippen LogP contribution in [0.5, 0.6) is 0 Å². The van der Waals surface area contributed by atoms with Crippen LogP contribution in [0.15, 0.2) is 97.1 Å². The fourth-order valence-corrected chi connectivity index (χ4v) is 6.72. The van der Waals surface area contributed by atoms with Gasteiger partial charge in [0.2, 0.25) is 0 Å². The number of hydrogen-bond donors (Lipinski definition) is 0. The third-order valence-corrected chi connectivity index (χ3v) is 9.23. The van der Waals surface area contributed by atoms with E-state index in [1.165, 1.54) is 42.5 Å². The van der Waals surface area contributed by atoms with Crippen LogP contribution < -0.4 is 0 Å². The van der Waals surface area contributed by atoms with Gasteiger partial charge in [0.05, 0.1) is 50.2 Å². The molecule has 0 saturated carbocycles. The summed E-state index contributed by atoms with van der Waals surface area (Å²) in [6, 6.07) is 18.5. The highest BCUT2D eigenvalue weighted by molar-refractivity contribution is 6.12. The maximum absolute atomic E-state index is 13.8. The first-order valence-electron chi connectivity index (χ1n) is 16.6. The van der Waals surface area contributed by atoms with E-state index in [0.29, 0.717) is 47.0 Å². The van der Waals surface area contributed by atoms with Gasteiger partial charge in [-0.3, -0.25) is 0 Å². The van der Waals surface area contributed by atoms with Crippen LogP contribution in [0.1, 0.15) is 39.3 Å². The quantitative estimate of drug-likeness (QED) is 0.167. The van der Waals surface area contributed by atoms with Crippen LogP contribution >= 0.6 is 0 Å². The molecule has 0 aliphatic carbocycles. The molecule has 4 nitrogen and oxygen atoms in total. The molecule has 2 heterocycles. The van der Waals surface area contributed by atoms with Crippen molar-refractivity contribution in [1.82, 2.24) is 14.5 Å². The van der Waals surface area contributed by atoms with Crippen molar-refractivity contribution in [2.75, 3.05) is 0 Å². The monoisotopic (exact) mass is 798 g/mol. The topological polar surface area (TPSA) is 54.5 Å². The van der Waals surface area contributed by atoms with Gasteiger partial charge in [-0.2, -0.15) is 57.9 Å². The Hall–Kier alpha value is -6.37. The predicted octanol–water partition coefficient (Wildman–Crippen LogP) is 13.1. The summed E-state index contributed by atoms with van der Waals surface area (Å²) >= 11 is 0. The van der Waals surface area contributed by atoms with Gasteiger partial charge in [0, 0.05) is 22.0 Å². The Balaban J connectivity index is 1.55. The molecular weight excluding hydrogens is 776 g/mol. The average Bonchev–Trinajstić information content (AvgIpc) is 3.45. The Morgan fingerprint density at radius 1 is 0.474 bits per heavy atom. The first-order chi connectivity index (χ1) is 26.5. The predicted molar refractivity (Wildman–Crippen MR) is 187 cm³/mol. The molecule has 7 aromatic rings. The van der Waals surface area contributed by atoms with Gasteiger partial charge in [-0.15, -0.1) is 0 Å². The van der Waals surface area contributed by atoms with Gasteiger partial charge in [0.15, 0.2) is 0 Å². The highest BCUT2D eigenvalue weighted by Crippen LogP contribution is 2.44. The first kappa shape index (κ1) is 38.9. The van der Waals surface area contributed by atoms with Gasteiger partial charge in [0.25, 0.3) is 0 Å². The van der Waals surface area contributed by atoms with E-state index in [2.05, 4.69) is 16.0 Å². The standard InChI is InChI=1S/C41H22F12N4/c1-20-9-34(56-21(2)55-20)24-3-4-25(19-54)37(16-24)57-35-7-5-22(26-10-28(38(42,43)44)17-29(11-26)39(45,46)47)14-32(35)33-15-23(6-8-36(33)57)27-12-30(40(48,49)50)18-31(13-27)41(51,52)53/h3-18H,1-2H3. The van der Waals surface area contributed by atoms with Gasteiger partial charge in [-0.1, -0.05) is 18.2 Å².